The second-order valence-electron chi connectivity index (χ2n) is 7.17. The highest BCUT2D eigenvalue weighted by Crippen LogP contribution is 2.09. The van der Waals surface area contributed by atoms with Crippen molar-refractivity contribution in [3.8, 4) is 0 Å². The summed E-state index contributed by atoms with van der Waals surface area (Å²) in [5, 5.41) is 14.3. The Bertz CT molecular complexity index is 451. The molecule has 152 valence electrons. The minimum Gasteiger partial charge on any atom is -0.480 e. The molecule has 26 heavy (non-hydrogen) atoms. The van der Waals surface area contributed by atoms with Gasteiger partial charge in [0, 0.05) is 0 Å². The number of hydrogen-bond acceptors (Lipinski definition) is 6. The molecule has 0 spiro atoms. The smallest absolute Gasteiger partial charge is 0.408 e. The van der Waals surface area contributed by atoms with E-state index in [1.165, 1.54) is 0 Å². The molecule has 0 bridgehead atoms. The van der Waals surface area contributed by atoms with E-state index in [4.69, 9.17) is 16.2 Å². The summed E-state index contributed by atoms with van der Waals surface area (Å²) in [5.74, 6) is -1.67. The van der Waals surface area contributed by atoms with Crippen molar-refractivity contribution in [1.29, 1.82) is 0 Å². The van der Waals surface area contributed by atoms with Gasteiger partial charge in [-0.15, -0.1) is 0 Å². The van der Waals surface area contributed by atoms with Crippen LogP contribution in [0.25, 0.3) is 0 Å². The fourth-order valence-electron chi connectivity index (χ4n) is 2.23. The number of rotatable bonds is 12. The maximum absolute atomic E-state index is 12.5. The largest absolute Gasteiger partial charge is 0.480 e. The van der Waals surface area contributed by atoms with E-state index in [2.05, 4.69) is 10.6 Å². The van der Waals surface area contributed by atoms with Crippen LogP contribution >= 0.6 is 0 Å². The monoisotopic (exact) mass is 374 g/mol. The van der Waals surface area contributed by atoms with E-state index in [0.29, 0.717) is 45.2 Å². The molecule has 0 aliphatic heterocycles. The van der Waals surface area contributed by atoms with Gasteiger partial charge in [0.25, 0.3) is 0 Å². The second kappa shape index (κ2) is 12.5. The number of carboxylic acids is 1. The number of unbranched alkanes of at least 4 members (excludes halogenated alkanes) is 2. The lowest BCUT2D eigenvalue weighted by Gasteiger charge is -2.24. The number of amides is 2. The van der Waals surface area contributed by atoms with E-state index in [-0.39, 0.29) is 6.42 Å². The first-order valence-electron chi connectivity index (χ1n) is 9.03. The normalized spacial score (nSPS) is 13.6. The van der Waals surface area contributed by atoms with E-state index >= 15 is 0 Å². The molecule has 0 aliphatic carbocycles. The van der Waals surface area contributed by atoms with E-state index < -0.39 is 35.7 Å². The van der Waals surface area contributed by atoms with Crippen LogP contribution in [-0.4, -0.2) is 53.9 Å². The van der Waals surface area contributed by atoms with Gasteiger partial charge >= 0.3 is 12.1 Å². The van der Waals surface area contributed by atoms with E-state index in [0.717, 1.165) is 0 Å². The lowest BCUT2D eigenvalue weighted by molar-refractivity contribution is -0.142. The molecule has 9 heteroatoms. The standard InChI is InChI=1S/C17H34N4O5/c1-17(2,3)26-16(25)21-12(8-4-6-10-18)14(22)20-13(15(23)24)9-5-7-11-19/h12-13H,4-11,18-19H2,1-3H3,(H,20,22)(H,21,25)(H,23,24)/t12-,13-/m0/s1. The molecule has 9 nitrogen and oxygen atoms in total. The van der Waals surface area contributed by atoms with Crippen LogP contribution in [0.1, 0.15) is 59.3 Å². The van der Waals surface area contributed by atoms with Crippen LogP contribution < -0.4 is 22.1 Å². The van der Waals surface area contributed by atoms with Gasteiger partial charge in [-0.05, 0) is 72.4 Å². The maximum atomic E-state index is 12.5. The van der Waals surface area contributed by atoms with Crippen molar-refractivity contribution in [2.75, 3.05) is 13.1 Å². The van der Waals surface area contributed by atoms with Gasteiger partial charge in [0.15, 0.2) is 0 Å². The predicted octanol–water partition coefficient (Wildman–Crippen LogP) is 0.707. The quantitative estimate of drug-likeness (QED) is 0.315. The number of aliphatic carboxylic acids is 1. The Morgan fingerprint density at radius 3 is 1.85 bits per heavy atom. The summed E-state index contributed by atoms with van der Waals surface area (Å²) in [4.78, 5) is 35.8. The van der Waals surface area contributed by atoms with Crippen LogP contribution in [0.15, 0.2) is 0 Å². The average molecular weight is 374 g/mol. The van der Waals surface area contributed by atoms with Gasteiger partial charge in [-0.1, -0.05) is 0 Å². The zero-order valence-corrected chi connectivity index (χ0v) is 16.0. The molecule has 0 radical (unpaired) electrons. The summed E-state index contributed by atoms with van der Waals surface area (Å²) in [6.45, 7) is 6.08. The van der Waals surface area contributed by atoms with Gasteiger partial charge in [0.1, 0.15) is 17.7 Å². The van der Waals surface area contributed by atoms with E-state index in [9.17, 15) is 19.5 Å². The first-order chi connectivity index (χ1) is 12.1. The number of nitrogens with two attached hydrogens (primary N) is 2. The van der Waals surface area contributed by atoms with Crippen LogP contribution in [0.2, 0.25) is 0 Å². The zero-order chi connectivity index (χ0) is 20.2. The number of alkyl carbamates (subject to hydrolysis) is 1. The lowest BCUT2D eigenvalue weighted by atomic mass is 10.1. The van der Waals surface area contributed by atoms with Crippen LogP contribution in [0, 0.1) is 0 Å². The van der Waals surface area contributed by atoms with Crippen molar-refractivity contribution in [2.45, 2.75) is 77.0 Å². The summed E-state index contributed by atoms with van der Waals surface area (Å²) in [6, 6.07) is -1.90. The Morgan fingerprint density at radius 1 is 0.923 bits per heavy atom. The number of carboxylic acid groups (broad SMARTS) is 1. The van der Waals surface area contributed by atoms with Crippen molar-refractivity contribution in [3.63, 3.8) is 0 Å². The third kappa shape index (κ3) is 11.6. The van der Waals surface area contributed by atoms with Crippen molar-refractivity contribution >= 4 is 18.0 Å². The summed E-state index contributed by atoms with van der Waals surface area (Å²) < 4.78 is 5.17. The SMILES string of the molecule is CC(C)(C)OC(=O)N[C@@H](CCCCN)C(=O)N[C@@H](CCCCN)C(=O)O. The number of ether oxygens (including phenoxy) is 1. The lowest BCUT2D eigenvalue weighted by Crippen LogP contribution is -2.52. The summed E-state index contributed by atoms with van der Waals surface area (Å²) in [6.07, 6.45) is 2.48. The molecule has 0 aromatic carbocycles. The molecule has 7 N–H and O–H groups in total. The summed E-state index contributed by atoms with van der Waals surface area (Å²) in [7, 11) is 0. The maximum Gasteiger partial charge on any atom is 0.408 e. The zero-order valence-electron chi connectivity index (χ0n) is 16.0. The molecule has 0 saturated heterocycles. The molecule has 0 unspecified atom stereocenters. The fourth-order valence-corrected chi connectivity index (χ4v) is 2.23. The molecule has 0 aliphatic rings. The third-order valence-corrected chi connectivity index (χ3v) is 3.52. The molecule has 2 amide bonds. The topological polar surface area (TPSA) is 157 Å². The highest BCUT2D eigenvalue weighted by molar-refractivity contribution is 5.89. The Kier molecular flexibility index (Phi) is 11.6. The average Bonchev–Trinajstić information content (AvgIpc) is 2.51. The molecular weight excluding hydrogens is 340 g/mol. The minimum absolute atomic E-state index is 0.278. The number of nitrogens with one attached hydrogen (secondary N) is 2. The highest BCUT2D eigenvalue weighted by Gasteiger charge is 2.27. The molecule has 0 aromatic heterocycles. The molecule has 0 aromatic rings. The van der Waals surface area contributed by atoms with E-state index in [1.54, 1.807) is 20.8 Å². The van der Waals surface area contributed by atoms with Crippen molar-refractivity contribution in [3.05, 3.63) is 0 Å². The fraction of sp³-hybridized carbons (Fsp3) is 0.824. The first-order valence-corrected chi connectivity index (χ1v) is 9.03. The van der Waals surface area contributed by atoms with Crippen molar-refractivity contribution < 1.29 is 24.2 Å². The van der Waals surface area contributed by atoms with Crippen molar-refractivity contribution in [2.24, 2.45) is 11.5 Å². The number of carbonyl (C=O) groups is 3. The van der Waals surface area contributed by atoms with Gasteiger partial charge in [-0.25, -0.2) is 9.59 Å². The van der Waals surface area contributed by atoms with Gasteiger partial charge in [-0.2, -0.15) is 0 Å². The summed E-state index contributed by atoms with van der Waals surface area (Å²) in [5.41, 5.74) is 10.2. The molecule has 0 heterocycles. The van der Waals surface area contributed by atoms with Gasteiger partial charge in [-0.3, -0.25) is 4.79 Å². The highest BCUT2D eigenvalue weighted by atomic mass is 16.6. The predicted molar refractivity (Wildman–Crippen MR) is 98.5 cm³/mol. The molecule has 0 rings (SSSR count). The van der Waals surface area contributed by atoms with Crippen LogP contribution in [0.4, 0.5) is 4.79 Å². The third-order valence-electron chi connectivity index (χ3n) is 3.52. The minimum atomic E-state index is -1.12. The Hall–Kier alpha value is -1.87. The molecular formula is C17H34N4O5. The molecule has 2 atom stereocenters. The van der Waals surface area contributed by atoms with Crippen LogP contribution in [0.3, 0.4) is 0 Å². The number of hydrogen-bond donors (Lipinski definition) is 5. The Balaban J connectivity index is 4.88. The Labute approximate surface area is 155 Å². The van der Waals surface area contributed by atoms with Crippen LogP contribution in [-0.2, 0) is 14.3 Å². The second-order valence-corrected chi connectivity index (χ2v) is 7.17. The van der Waals surface area contributed by atoms with Gasteiger partial charge in [0.05, 0.1) is 0 Å². The van der Waals surface area contributed by atoms with Crippen LogP contribution in [0.5, 0.6) is 0 Å². The van der Waals surface area contributed by atoms with Gasteiger partial charge in [0.2, 0.25) is 5.91 Å². The van der Waals surface area contributed by atoms with Crippen molar-refractivity contribution in [1.82, 2.24) is 10.6 Å². The summed E-state index contributed by atoms with van der Waals surface area (Å²) >= 11 is 0. The molecule has 0 saturated carbocycles. The number of carbonyl (C=O) groups excluding carboxylic acids is 2. The van der Waals surface area contributed by atoms with Gasteiger partial charge < -0.3 is 31.9 Å². The molecule has 0 fully saturated rings. The first kappa shape index (κ1) is 24.1. The van der Waals surface area contributed by atoms with E-state index in [1.807, 2.05) is 0 Å². The Morgan fingerprint density at radius 2 is 1.42 bits per heavy atom.